The molecule has 1 aliphatic rings. The Kier molecular flexibility index (Phi) is 8.99. The molecule has 0 radical (unpaired) electrons. The average Bonchev–Trinajstić information content (AvgIpc) is 2.89. The van der Waals surface area contributed by atoms with Crippen molar-refractivity contribution in [2.75, 3.05) is 50.5 Å². The van der Waals surface area contributed by atoms with Crippen LogP contribution in [0, 0.1) is 17.4 Å². The lowest BCUT2D eigenvalue weighted by Crippen LogP contribution is -2.38. The van der Waals surface area contributed by atoms with E-state index in [0.29, 0.717) is 28.6 Å². The van der Waals surface area contributed by atoms with Crippen molar-refractivity contribution in [2.24, 2.45) is 0 Å². The maximum Gasteiger partial charge on any atom is 0.276 e. The first-order valence-electron chi connectivity index (χ1n) is 11.6. The van der Waals surface area contributed by atoms with Crippen LogP contribution in [0.2, 0.25) is 10.0 Å². The number of aromatic nitrogens is 2. The fourth-order valence-corrected chi connectivity index (χ4v) is 4.42. The number of rotatable bonds is 9. The molecule has 196 valence electrons. The molecule has 1 fully saturated rings. The highest BCUT2D eigenvalue weighted by atomic mass is 35.5. The van der Waals surface area contributed by atoms with Crippen LogP contribution < -0.4 is 20.5 Å². The first kappa shape index (κ1) is 26.9. The van der Waals surface area contributed by atoms with E-state index in [1.54, 1.807) is 31.2 Å². The zero-order valence-electron chi connectivity index (χ0n) is 20.1. The fraction of sp³-hybridized carbons (Fsp3) is 0.320. The van der Waals surface area contributed by atoms with E-state index in [1.807, 2.05) is 0 Å². The number of benzene rings is 2. The van der Waals surface area contributed by atoms with Crippen LogP contribution in [0.1, 0.15) is 29.1 Å². The van der Waals surface area contributed by atoms with Gasteiger partial charge in [-0.25, -0.2) is 4.39 Å². The summed E-state index contributed by atoms with van der Waals surface area (Å²) >= 11 is 11.3. The Labute approximate surface area is 223 Å². The molecule has 1 amide bonds. The Balaban J connectivity index is 1.36. The Hall–Kier alpha value is -3.18. The van der Waals surface area contributed by atoms with Gasteiger partial charge in [0.15, 0.2) is 28.9 Å². The van der Waals surface area contributed by atoms with Crippen LogP contribution in [0.25, 0.3) is 0 Å². The first-order valence-corrected chi connectivity index (χ1v) is 12.4. The Bertz CT molecular complexity index is 1240. The number of hydrogen-bond donors (Lipinski definition) is 2. The highest BCUT2D eigenvalue weighted by Crippen LogP contribution is 2.34. The van der Waals surface area contributed by atoms with Gasteiger partial charge in [-0.05, 0) is 37.3 Å². The van der Waals surface area contributed by atoms with E-state index >= 15 is 0 Å². The molecule has 9 nitrogen and oxygen atoms in total. The largest absolute Gasteiger partial charge is 0.492 e. The van der Waals surface area contributed by atoms with Crippen LogP contribution in [-0.2, 0) is 4.74 Å². The number of anilines is 2. The van der Waals surface area contributed by atoms with E-state index in [-0.39, 0.29) is 22.3 Å². The number of carbonyl (C=O) groups excluding carboxylic acids is 1. The second-order valence-electron chi connectivity index (χ2n) is 8.29. The van der Waals surface area contributed by atoms with Gasteiger partial charge in [0, 0.05) is 37.5 Å². The summed E-state index contributed by atoms with van der Waals surface area (Å²) < 4.78 is 30.9. The third-order valence-electron chi connectivity index (χ3n) is 5.71. The monoisotopic (exact) mass is 550 g/mol. The summed E-state index contributed by atoms with van der Waals surface area (Å²) in [4.78, 5) is 15.1. The number of hydrogen-bond acceptors (Lipinski definition) is 8. The quantitative estimate of drug-likeness (QED) is 0.388. The number of ether oxygens (including phenoxy) is 3. The lowest BCUT2D eigenvalue weighted by atomic mass is 10.1. The van der Waals surface area contributed by atoms with Crippen molar-refractivity contribution in [3.8, 4) is 11.5 Å². The molecule has 3 aromatic rings. The molecule has 0 aliphatic carbocycles. The summed E-state index contributed by atoms with van der Waals surface area (Å²) in [6.45, 7) is 6.32. The number of nitrogen functional groups attached to an aromatic ring is 1. The molecule has 0 saturated carbocycles. The standard InChI is InChI=1S/C25H26Cl2FN5O4/c1-15(22-18(26)6-7-19(28)23(22)27)37-21-14-20(31-32-24(21)29)25(34)30-16-2-4-17(5-3-16)36-13-10-33-8-11-35-12-9-33/h2-7,14-15,26H,8-13H2,1H3,(H2-,29,30,32,34)/p+1. The van der Waals surface area contributed by atoms with Crippen molar-refractivity contribution in [3.05, 3.63) is 69.6 Å². The number of halogens is 3. The first-order chi connectivity index (χ1) is 17.8. The molecule has 0 bridgehead atoms. The number of amides is 1. The molecule has 4 rings (SSSR count). The minimum absolute atomic E-state index is 0.0221. The zero-order chi connectivity index (χ0) is 26.4. The summed E-state index contributed by atoms with van der Waals surface area (Å²) in [5, 5.41) is 10.6. The summed E-state index contributed by atoms with van der Waals surface area (Å²) in [5.74, 6) is -0.388. The molecule has 1 atom stereocenters. The van der Waals surface area contributed by atoms with E-state index in [4.69, 9.17) is 43.1 Å². The van der Waals surface area contributed by atoms with E-state index in [0.717, 1.165) is 32.8 Å². The third kappa shape index (κ3) is 6.98. The van der Waals surface area contributed by atoms with Gasteiger partial charge >= 0.3 is 0 Å². The summed E-state index contributed by atoms with van der Waals surface area (Å²) in [6.07, 6.45) is -0.756. The van der Waals surface area contributed by atoms with Crippen LogP contribution in [0.3, 0.4) is 0 Å². The van der Waals surface area contributed by atoms with Crippen molar-refractivity contribution in [3.63, 3.8) is 0 Å². The third-order valence-corrected chi connectivity index (χ3v) is 6.45. The molecule has 2 aromatic carbocycles. The van der Waals surface area contributed by atoms with Gasteiger partial charge in [0.25, 0.3) is 5.91 Å². The van der Waals surface area contributed by atoms with E-state index in [9.17, 15) is 9.18 Å². The second kappa shape index (κ2) is 12.4. The number of nitrogens with two attached hydrogens (primary N) is 1. The fourth-order valence-electron chi connectivity index (χ4n) is 3.71. The SMILES string of the molecule is CC(Oc1cc(C(=O)Nc2ccc(OCCN3CCOCC3)cc2)nnc1N)c1c([ClH+])ccc(F)c1Cl. The van der Waals surface area contributed by atoms with Crippen LogP contribution in [-0.4, -0.2) is 60.5 Å². The highest BCUT2D eigenvalue weighted by Gasteiger charge is 2.24. The van der Waals surface area contributed by atoms with Gasteiger partial charge in [0.05, 0.1) is 23.8 Å². The Morgan fingerprint density at radius 3 is 2.70 bits per heavy atom. The zero-order valence-corrected chi connectivity index (χ0v) is 21.7. The molecule has 3 N–H and O–H groups in total. The number of nitrogens with one attached hydrogen (secondary N) is 1. The smallest absolute Gasteiger partial charge is 0.276 e. The molecule has 1 saturated heterocycles. The van der Waals surface area contributed by atoms with Gasteiger partial charge in [-0.3, -0.25) is 9.69 Å². The molecule has 12 heteroatoms. The molecule has 1 aliphatic heterocycles. The van der Waals surface area contributed by atoms with Crippen molar-refractivity contribution in [2.45, 2.75) is 13.0 Å². The van der Waals surface area contributed by atoms with Gasteiger partial charge in [0.2, 0.25) is 5.02 Å². The van der Waals surface area contributed by atoms with E-state index in [1.165, 1.54) is 18.2 Å². The molecule has 0 spiro atoms. The number of nitrogens with zero attached hydrogens (tertiary/aromatic N) is 3. The van der Waals surface area contributed by atoms with Crippen LogP contribution in [0.4, 0.5) is 15.9 Å². The summed E-state index contributed by atoms with van der Waals surface area (Å²) in [7, 11) is 0. The van der Waals surface area contributed by atoms with E-state index in [2.05, 4.69) is 20.4 Å². The minimum atomic E-state index is -0.756. The lowest BCUT2D eigenvalue weighted by molar-refractivity contribution is -0.291. The van der Waals surface area contributed by atoms with Crippen molar-refractivity contribution < 1.29 is 35.0 Å². The normalized spacial score (nSPS) is 14.7. The van der Waals surface area contributed by atoms with Crippen LogP contribution in [0.5, 0.6) is 11.5 Å². The molecular weight excluding hydrogens is 524 g/mol. The predicted molar refractivity (Wildman–Crippen MR) is 135 cm³/mol. The Morgan fingerprint density at radius 1 is 1.24 bits per heavy atom. The van der Waals surface area contributed by atoms with Crippen LogP contribution >= 0.6 is 11.6 Å². The molecular formula is C25H27Cl2FN5O4+. The van der Waals surface area contributed by atoms with Crippen molar-refractivity contribution in [1.29, 1.82) is 0 Å². The van der Waals surface area contributed by atoms with Gasteiger partial charge in [-0.15, -0.1) is 10.2 Å². The highest BCUT2D eigenvalue weighted by molar-refractivity contribution is 6.31. The summed E-state index contributed by atoms with van der Waals surface area (Å²) in [5.41, 5.74) is 6.71. The van der Waals surface area contributed by atoms with Gasteiger partial charge in [0.1, 0.15) is 24.3 Å². The molecule has 37 heavy (non-hydrogen) atoms. The van der Waals surface area contributed by atoms with Gasteiger partial charge in [-0.1, -0.05) is 11.6 Å². The maximum absolute atomic E-state index is 13.9. The van der Waals surface area contributed by atoms with E-state index < -0.39 is 17.8 Å². The lowest BCUT2D eigenvalue weighted by Gasteiger charge is -2.26. The van der Waals surface area contributed by atoms with Crippen LogP contribution in [0.15, 0.2) is 42.5 Å². The molecule has 1 unspecified atom stereocenters. The molecule has 1 aromatic heterocycles. The predicted octanol–water partition coefficient (Wildman–Crippen LogP) is 3.65. The van der Waals surface area contributed by atoms with Gasteiger partial charge in [-0.2, -0.15) is 0 Å². The number of morpholine rings is 1. The van der Waals surface area contributed by atoms with Crippen molar-refractivity contribution in [1.82, 2.24) is 15.1 Å². The second-order valence-corrected chi connectivity index (χ2v) is 9.11. The maximum atomic E-state index is 13.9. The Morgan fingerprint density at radius 2 is 1.97 bits per heavy atom. The topological polar surface area (TPSA) is 112 Å². The number of carbonyl (C=O) groups is 1. The van der Waals surface area contributed by atoms with Crippen molar-refractivity contribution >= 4 is 29.0 Å². The summed E-state index contributed by atoms with van der Waals surface area (Å²) in [6, 6.07) is 11.0. The average molecular weight is 551 g/mol. The minimum Gasteiger partial charge on any atom is -0.492 e. The van der Waals surface area contributed by atoms with Gasteiger partial charge < -0.3 is 25.3 Å². The molecule has 2 heterocycles.